The van der Waals surface area contributed by atoms with Crippen LogP contribution in [-0.4, -0.2) is 30.3 Å². The highest BCUT2D eigenvalue weighted by molar-refractivity contribution is 9.10. The Hall–Kier alpha value is -0.670. The zero-order valence-corrected chi connectivity index (χ0v) is 11.9. The molecule has 92 valence electrons. The molecular formula is C14H18BrNO. The Morgan fingerprint density at radius 1 is 1.41 bits per heavy atom. The first-order chi connectivity index (χ1) is 8.08. The van der Waals surface area contributed by atoms with E-state index < -0.39 is 0 Å². The third kappa shape index (κ3) is 3.39. The van der Waals surface area contributed by atoms with Crippen LogP contribution < -0.4 is 0 Å². The highest BCUT2D eigenvalue weighted by atomic mass is 79.9. The summed E-state index contributed by atoms with van der Waals surface area (Å²) >= 11 is 3.37. The van der Waals surface area contributed by atoms with Crippen LogP contribution in [0.4, 0.5) is 0 Å². The van der Waals surface area contributed by atoms with Gasteiger partial charge in [-0.05, 0) is 44.9 Å². The maximum atomic E-state index is 12.1. The molecule has 1 aromatic carbocycles. The summed E-state index contributed by atoms with van der Waals surface area (Å²) in [6, 6.07) is 8.11. The maximum absolute atomic E-state index is 12.1. The summed E-state index contributed by atoms with van der Waals surface area (Å²) in [4.78, 5) is 14.2. The van der Waals surface area contributed by atoms with E-state index in [4.69, 9.17) is 0 Å². The summed E-state index contributed by atoms with van der Waals surface area (Å²) in [6.45, 7) is 2.73. The molecule has 0 saturated heterocycles. The molecule has 0 bridgehead atoms. The average molecular weight is 296 g/mol. The van der Waals surface area contributed by atoms with Gasteiger partial charge < -0.3 is 0 Å². The monoisotopic (exact) mass is 295 g/mol. The van der Waals surface area contributed by atoms with Gasteiger partial charge in [0, 0.05) is 16.1 Å². The molecule has 1 aliphatic rings. The summed E-state index contributed by atoms with van der Waals surface area (Å²) < 4.78 is 1.01. The Kier molecular flexibility index (Phi) is 4.00. The zero-order valence-electron chi connectivity index (χ0n) is 10.3. The number of Topliss-reactive ketones (excluding diaryl/α,β-unsaturated/α-hetero) is 1. The molecule has 1 saturated carbocycles. The quantitative estimate of drug-likeness (QED) is 0.777. The predicted octanol–water partition coefficient (Wildman–Crippen LogP) is 3.36. The first-order valence-corrected chi connectivity index (χ1v) is 6.86. The van der Waals surface area contributed by atoms with Gasteiger partial charge in [-0.15, -0.1) is 0 Å². The largest absolute Gasteiger partial charge is 0.296 e. The summed E-state index contributed by atoms with van der Waals surface area (Å²) in [7, 11) is 2.04. The second-order valence-corrected chi connectivity index (χ2v) is 5.84. The van der Waals surface area contributed by atoms with Crippen LogP contribution in [-0.2, 0) is 0 Å². The standard InChI is InChI=1S/C14H18BrNO/c1-10(11-3-4-11)16(2)9-14(17)12-5-7-13(15)8-6-12/h5-8,10-11H,3-4,9H2,1-2H3. The summed E-state index contributed by atoms with van der Waals surface area (Å²) in [6.07, 6.45) is 2.63. The van der Waals surface area contributed by atoms with Gasteiger partial charge >= 0.3 is 0 Å². The first-order valence-electron chi connectivity index (χ1n) is 6.07. The van der Waals surface area contributed by atoms with Gasteiger partial charge in [-0.2, -0.15) is 0 Å². The molecule has 1 aliphatic carbocycles. The van der Waals surface area contributed by atoms with E-state index in [1.807, 2.05) is 31.3 Å². The third-order valence-electron chi connectivity index (χ3n) is 3.56. The molecule has 0 spiro atoms. The number of hydrogen-bond donors (Lipinski definition) is 0. The van der Waals surface area contributed by atoms with Crippen LogP contribution >= 0.6 is 15.9 Å². The lowest BCUT2D eigenvalue weighted by Crippen LogP contribution is -2.35. The Morgan fingerprint density at radius 2 is 2.00 bits per heavy atom. The normalized spacial score (nSPS) is 17.2. The first kappa shape index (κ1) is 12.8. The van der Waals surface area contributed by atoms with Crippen molar-refractivity contribution in [2.75, 3.05) is 13.6 Å². The van der Waals surface area contributed by atoms with Crippen molar-refractivity contribution in [3.05, 3.63) is 34.3 Å². The van der Waals surface area contributed by atoms with Gasteiger partial charge in [0.2, 0.25) is 0 Å². The Labute approximate surface area is 111 Å². The van der Waals surface area contributed by atoms with E-state index in [1.165, 1.54) is 12.8 Å². The molecular weight excluding hydrogens is 278 g/mol. The molecule has 0 aliphatic heterocycles. The van der Waals surface area contributed by atoms with Crippen LogP contribution in [0.2, 0.25) is 0 Å². The highest BCUT2D eigenvalue weighted by Crippen LogP contribution is 2.34. The molecule has 2 rings (SSSR count). The topological polar surface area (TPSA) is 20.3 Å². The molecule has 1 fully saturated rings. The van der Waals surface area contributed by atoms with Gasteiger partial charge in [0.15, 0.2) is 5.78 Å². The van der Waals surface area contributed by atoms with Crippen molar-refractivity contribution in [1.29, 1.82) is 0 Å². The molecule has 3 heteroatoms. The third-order valence-corrected chi connectivity index (χ3v) is 4.09. The van der Waals surface area contributed by atoms with Gasteiger partial charge in [-0.3, -0.25) is 9.69 Å². The molecule has 0 radical (unpaired) electrons. The lowest BCUT2D eigenvalue weighted by molar-refractivity contribution is 0.0917. The number of carbonyl (C=O) groups excluding carboxylic acids is 1. The molecule has 0 heterocycles. The fraction of sp³-hybridized carbons (Fsp3) is 0.500. The SMILES string of the molecule is CC(C1CC1)N(C)CC(=O)c1ccc(Br)cc1. The maximum Gasteiger partial charge on any atom is 0.176 e. The zero-order chi connectivity index (χ0) is 12.4. The van der Waals surface area contributed by atoms with E-state index in [0.717, 1.165) is 16.0 Å². The molecule has 17 heavy (non-hydrogen) atoms. The van der Waals surface area contributed by atoms with Crippen LogP contribution in [0, 0.1) is 5.92 Å². The number of carbonyl (C=O) groups is 1. The van der Waals surface area contributed by atoms with Crippen molar-refractivity contribution in [3.8, 4) is 0 Å². The van der Waals surface area contributed by atoms with Crippen LogP contribution in [0.5, 0.6) is 0 Å². The molecule has 1 unspecified atom stereocenters. The van der Waals surface area contributed by atoms with Crippen LogP contribution in [0.1, 0.15) is 30.1 Å². The summed E-state index contributed by atoms with van der Waals surface area (Å²) in [5, 5.41) is 0. The van der Waals surface area contributed by atoms with E-state index >= 15 is 0 Å². The van der Waals surface area contributed by atoms with Crippen molar-refractivity contribution in [1.82, 2.24) is 4.90 Å². The average Bonchev–Trinajstić information content (AvgIpc) is 3.12. The van der Waals surface area contributed by atoms with E-state index in [9.17, 15) is 4.79 Å². The number of halogens is 1. The van der Waals surface area contributed by atoms with Crippen molar-refractivity contribution in [3.63, 3.8) is 0 Å². The second-order valence-electron chi connectivity index (χ2n) is 4.92. The number of benzene rings is 1. The minimum Gasteiger partial charge on any atom is -0.296 e. The Morgan fingerprint density at radius 3 is 2.53 bits per heavy atom. The van der Waals surface area contributed by atoms with Gasteiger partial charge in [0.05, 0.1) is 6.54 Å². The van der Waals surface area contributed by atoms with Gasteiger partial charge in [-0.25, -0.2) is 0 Å². The number of rotatable bonds is 5. The lowest BCUT2D eigenvalue weighted by Gasteiger charge is -2.23. The number of nitrogens with zero attached hydrogens (tertiary/aromatic N) is 1. The van der Waals surface area contributed by atoms with Crippen LogP contribution in [0.15, 0.2) is 28.7 Å². The van der Waals surface area contributed by atoms with Gasteiger partial charge in [0.1, 0.15) is 0 Å². The van der Waals surface area contributed by atoms with E-state index in [2.05, 4.69) is 27.8 Å². The smallest absolute Gasteiger partial charge is 0.176 e. The number of likely N-dealkylation sites (N-methyl/N-ethyl adjacent to an activating group) is 1. The molecule has 2 nitrogen and oxygen atoms in total. The van der Waals surface area contributed by atoms with Gasteiger partial charge in [-0.1, -0.05) is 28.1 Å². The Balaban J connectivity index is 1.93. The van der Waals surface area contributed by atoms with E-state index in [-0.39, 0.29) is 5.78 Å². The fourth-order valence-electron chi connectivity index (χ4n) is 2.04. The fourth-order valence-corrected chi connectivity index (χ4v) is 2.30. The molecule has 0 aromatic heterocycles. The predicted molar refractivity (Wildman–Crippen MR) is 73.3 cm³/mol. The van der Waals surface area contributed by atoms with E-state index in [1.54, 1.807) is 0 Å². The minimum absolute atomic E-state index is 0.201. The minimum atomic E-state index is 0.201. The Bertz CT molecular complexity index is 397. The van der Waals surface area contributed by atoms with E-state index in [0.29, 0.717) is 12.6 Å². The number of ketones is 1. The molecule has 1 atom stereocenters. The number of hydrogen-bond acceptors (Lipinski definition) is 2. The van der Waals surface area contributed by atoms with Crippen molar-refractivity contribution >= 4 is 21.7 Å². The summed E-state index contributed by atoms with van der Waals surface area (Å²) in [5.74, 6) is 1.00. The van der Waals surface area contributed by atoms with Crippen LogP contribution in [0.25, 0.3) is 0 Å². The summed E-state index contributed by atoms with van der Waals surface area (Å²) in [5.41, 5.74) is 0.794. The highest BCUT2D eigenvalue weighted by Gasteiger charge is 2.31. The van der Waals surface area contributed by atoms with Gasteiger partial charge in [0.25, 0.3) is 0 Å². The van der Waals surface area contributed by atoms with Crippen molar-refractivity contribution in [2.45, 2.75) is 25.8 Å². The van der Waals surface area contributed by atoms with Crippen molar-refractivity contribution in [2.24, 2.45) is 5.92 Å². The second kappa shape index (κ2) is 5.32. The molecule has 0 N–H and O–H groups in total. The lowest BCUT2D eigenvalue weighted by atomic mass is 10.1. The molecule has 1 aromatic rings. The van der Waals surface area contributed by atoms with Crippen molar-refractivity contribution < 1.29 is 4.79 Å². The molecule has 0 amide bonds. The van der Waals surface area contributed by atoms with Crippen LogP contribution in [0.3, 0.4) is 0 Å².